The summed E-state index contributed by atoms with van der Waals surface area (Å²) in [7, 11) is 1.63. The van der Waals surface area contributed by atoms with E-state index in [1.54, 1.807) is 7.11 Å². The van der Waals surface area contributed by atoms with E-state index in [-0.39, 0.29) is 17.9 Å². The predicted octanol–water partition coefficient (Wildman–Crippen LogP) is 3.72. The van der Waals surface area contributed by atoms with Crippen molar-refractivity contribution in [1.82, 2.24) is 5.32 Å². The van der Waals surface area contributed by atoms with Crippen LogP contribution in [0.2, 0.25) is 0 Å². The number of carbonyl (C=O) groups is 1. The van der Waals surface area contributed by atoms with Crippen molar-refractivity contribution in [2.45, 2.75) is 32.7 Å². The topological polar surface area (TPSA) is 50.4 Å². The fraction of sp³-hybridized carbons (Fsp3) is 0.350. The van der Waals surface area contributed by atoms with Crippen molar-refractivity contribution in [3.8, 4) is 5.75 Å². The number of para-hydroxylation sites is 1. The van der Waals surface area contributed by atoms with E-state index in [4.69, 9.17) is 4.74 Å². The first kappa shape index (κ1) is 17.9. The normalized spacial score (nSPS) is 11.0. The number of ether oxygens (including phenoxy) is 1. The summed E-state index contributed by atoms with van der Waals surface area (Å²) in [6, 6.07) is 15.9. The Labute approximate surface area is 144 Å². The molecule has 24 heavy (non-hydrogen) atoms. The number of benzene rings is 2. The second kappa shape index (κ2) is 7.86. The molecule has 0 spiro atoms. The summed E-state index contributed by atoms with van der Waals surface area (Å²) in [5, 5.41) is 6.04. The van der Waals surface area contributed by atoms with Crippen LogP contribution in [-0.2, 0) is 16.8 Å². The lowest BCUT2D eigenvalue weighted by Crippen LogP contribution is -2.29. The highest BCUT2D eigenvalue weighted by Gasteiger charge is 2.12. The molecule has 0 atom stereocenters. The van der Waals surface area contributed by atoms with E-state index in [2.05, 4.69) is 43.5 Å². The molecule has 0 fully saturated rings. The van der Waals surface area contributed by atoms with Gasteiger partial charge >= 0.3 is 0 Å². The largest absolute Gasteiger partial charge is 0.496 e. The van der Waals surface area contributed by atoms with Gasteiger partial charge in [-0.05, 0) is 29.2 Å². The average Bonchev–Trinajstić information content (AvgIpc) is 2.58. The van der Waals surface area contributed by atoms with E-state index < -0.39 is 0 Å². The van der Waals surface area contributed by atoms with Gasteiger partial charge in [-0.2, -0.15) is 0 Å². The second-order valence-electron chi connectivity index (χ2n) is 6.77. The number of amides is 1. The van der Waals surface area contributed by atoms with E-state index >= 15 is 0 Å². The fourth-order valence-corrected chi connectivity index (χ4v) is 2.38. The quantitative estimate of drug-likeness (QED) is 0.850. The molecular weight excluding hydrogens is 300 g/mol. The molecule has 2 N–H and O–H groups in total. The molecule has 4 nitrogen and oxygen atoms in total. The van der Waals surface area contributed by atoms with Gasteiger partial charge in [0.1, 0.15) is 5.75 Å². The third-order valence-corrected chi connectivity index (χ3v) is 3.87. The molecule has 0 aromatic heterocycles. The van der Waals surface area contributed by atoms with Crippen molar-refractivity contribution in [2.75, 3.05) is 19.0 Å². The lowest BCUT2D eigenvalue weighted by molar-refractivity contribution is -0.119. The van der Waals surface area contributed by atoms with E-state index in [0.717, 1.165) is 17.0 Å². The van der Waals surface area contributed by atoms with Gasteiger partial charge in [-0.25, -0.2) is 0 Å². The smallest absolute Gasteiger partial charge is 0.239 e. The van der Waals surface area contributed by atoms with Crippen LogP contribution in [0.5, 0.6) is 5.75 Å². The summed E-state index contributed by atoms with van der Waals surface area (Å²) in [5.74, 6) is 0.726. The summed E-state index contributed by atoms with van der Waals surface area (Å²) < 4.78 is 5.28. The van der Waals surface area contributed by atoms with Crippen LogP contribution in [0.3, 0.4) is 0 Å². The van der Waals surface area contributed by atoms with Crippen molar-refractivity contribution in [3.63, 3.8) is 0 Å². The Morgan fingerprint density at radius 2 is 1.71 bits per heavy atom. The predicted molar refractivity (Wildman–Crippen MR) is 98.5 cm³/mol. The zero-order valence-electron chi connectivity index (χ0n) is 14.8. The number of methoxy groups -OCH3 is 1. The molecule has 0 saturated carbocycles. The molecule has 1 amide bonds. The molecule has 0 aliphatic carbocycles. The summed E-state index contributed by atoms with van der Waals surface area (Å²) >= 11 is 0. The zero-order chi connectivity index (χ0) is 17.6. The molecule has 0 unspecified atom stereocenters. The maximum Gasteiger partial charge on any atom is 0.239 e. The summed E-state index contributed by atoms with van der Waals surface area (Å²) in [6.45, 7) is 7.24. The summed E-state index contributed by atoms with van der Waals surface area (Å²) in [6.07, 6.45) is 0. The van der Waals surface area contributed by atoms with Crippen LogP contribution in [0, 0.1) is 0 Å². The van der Waals surface area contributed by atoms with Gasteiger partial charge in [0, 0.05) is 17.8 Å². The monoisotopic (exact) mass is 326 g/mol. The Hall–Kier alpha value is -2.49. The molecule has 0 radical (unpaired) electrons. The molecule has 128 valence electrons. The molecule has 4 heteroatoms. The van der Waals surface area contributed by atoms with Gasteiger partial charge in [0.05, 0.1) is 13.7 Å². The minimum atomic E-state index is -0.0548. The van der Waals surface area contributed by atoms with Gasteiger partial charge in [0.2, 0.25) is 5.91 Å². The first-order valence-corrected chi connectivity index (χ1v) is 8.13. The van der Waals surface area contributed by atoms with E-state index in [0.29, 0.717) is 6.54 Å². The van der Waals surface area contributed by atoms with Crippen LogP contribution in [0.15, 0.2) is 48.5 Å². The standard InChI is InChI=1S/C20H26N2O2/c1-20(2,3)16-9-11-17(12-10-16)21-14-19(23)22-13-15-7-5-6-8-18(15)24-4/h5-12,21H,13-14H2,1-4H3,(H,22,23). The maximum absolute atomic E-state index is 12.0. The van der Waals surface area contributed by atoms with Crippen LogP contribution in [0.1, 0.15) is 31.9 Å². The number of hydrogen-bond acceptors (Lipinski definition) is 3. The van der Waals surface area contributed by atoms with Crippen molar-refractivity contribution >= 4 is 11.6 Å². The Balaban J connectivity index is 1.83. The van der Waals surface area contributed by atoms with Gasteiger partial charge in [-0.1, -0.05) is 51.1 Å². The highest BCUT2D eigenvalue weighted by Crippen LogP contribution is 2.23. The Morgan fingerprint density at radius 1 is 1.04 bits per heavy atom. The van der Waals surface area contributed by atoms with Crippen LogP contribution < -0.4 is 15.4 Å². The van der Waals surface area contributed by atoms with Crippen molar-refractivity contribution in [2.24, 2.45) is 0 Å². The molecule has 0 aliphatic heterocycles. The minimum Gasteiger partial charge on any atom is -0.496 e. The SMILES string of the molecule is COc1ccccc1CNC(=O)CNc1ccc(C(C)(C)C)cc1. The molecule has 0 aliphatic rings. The minimum absolute atomic E-state index is 0.0548. The van der Waals surface area contributed by atoms with E-state index in [1.165, 1.54) is 5.56 Å². The number of anilines is 1. The highest BCUT2D eigenvalue weighted by molar-refractivity contribution is 5.80. The zero-order valence-corrected chi connectivity index (χ0v) is 14.8. The Bertz CT molecular complexity index is 673. The average molecular weight is 326 g/mol. The lowest BCUT2D eigenvalue weighted by atomic mass is 9.87. The molecule has 0 bridgehead atoms. The molecular formula is C20H26N2O2. The summed E-state index contributed by atoms with van der Waals surface area (Å²) in [4.78, 5) is 12.0. The molecule has 0 saturated heterocycles. The number of carbonyl (C=O) groups excluding carboxylic acids is 1. The third-order valence-electron chi connectivity index (χ3n) is 3.87. The van der Waals surface area contributed by atoms with Gasteiger partial charge in [0.15, 0.2) is 0 Å². The van der Waals surface area contributed by atoms with Crippen molar-refractivity contribution in [1.29, 1.82) is 0 Å². The molecule has 2 aromatic rings. The lowest BCUT2D eigenvalue weighted by Gasteiger charge is -2.19. The molecule has 2 aromatic carbocycles. The molecule has 2 rings (SSSR count). The van der Waals surface area contributed by atoms with E-state index in [1.807, 2.05) is 36.4 Å². The van der Waals surface area contributed by atoms with Crippen molar-refractivity contribution in [3.05, 3.63) is 59.7 Å². The fourth-order valence-electron chi connectivity index (χ4n) is 2.38. The van der Waals surface area contributed by atoms with Gasteiger partial charge < -0.3 is 15.4 Å². The van der Waals surface area contributed by atoms with Crippen molar-refractivity contribution < 1.29 is 9.53 Å². The van der Waals surface area contributed by atoms with Gasteiger partial charge in [0.25, 0.3) is 0 Å². The second-order valence-corrected chi connectivity index (χ2v) is 6.77. The number of nitrogens with one attached hydrogen (secondary N) is 2. The highest BCUT2D eigenvalue weighted by atomic mass is 16.5. The third kappa shape index (κ3) is 5.01. The van der Waals surface area contributed by atoms with Crippen LogP contribution in [0.25, 0.3) is 0 Å². The van der Waals surface area contributed by atoms with Gasteiger partial charge in [-0.3, -0.25) is 4.79 Å². The number of rotatable bonds is 6. The van der Waals surface area contributed by atoms with Crippen LogP contribution in [-0.4, -0.2) is 19.6 Å². The Kier molecular flexibility index (Phi) is 5.85. The van der Waals surface area contributed by atoms with E-state index in [9.17, 15) is 4.79 Å². The van der Waals surface area contributed by atoms with Crippen LogP contribution >= 0.6 is 0 Å². The summed E-state index contributed by atoms with van der Waals surface area (Å²) in [5.41, 5.74) is 3.30. The molecule has 0 heterocycles. The van der Waals surface area contributed by atoms with Crippen LogP contribution in [0.4, 0.5) is 5.69 Å². The number of hydrogen-bond donors (Lipinski definition) is 2. The van der Waals surface area contributed by atoms with Gasteiger partial charge in [-0.15, -0.1) is 0 Å². The first-order chi connectivity index (χ1) is 11.4. The first-order valence-electron chi connectivity index (χ1n) is 8.13. The Morgan fingerprint density at radius 3 is 2.33 bits per heavy atom. The maximum atomic E-state index is 12.0.